The summed E-state index contributed by atoms with van der Waals surface area (Å²) in [6.07, 6.45) is 0. The SMILES string of the molecule is OCC(NCc1cccs1)c1cc(Cl)c2c(c1)OCCO2. The first-order valence-corrected chi connectivity index (χ1v) is 7.99. The second-order valence-electron chi connectivity index (χ2n) is 4.72. The van der Waals surface area contributed by atoms with Crippen LogP contribution in [-0.4, -0.2) is 24.9 Å². The van der Waals surface area contributed by atoms with Crippen molar-refractivity contribution < 1.29 is 14.6 Å². The van der Waals surface area contributed by atoms with E-state index in [0.717, 1.165) is 5.56 Å². The van der Waals surface area contributed by atoms with Crippen LogP contribution in [0.25, 0.3) is 0 Å². The van der Waals surface area contributed by atoms with Gasteiger partial charge in [0.1, 0.15) is 13.2 Å². The number of fused-ring (bicyclic) bond motifs is 1. The van der Waals surface area contributed by atoms with E-state index < -0.39 is 0 Å². The molecule has 2 aromatic rings. The Balaban J connectivity index is 1.78. The van der Waals surface area contributed by atoms with Gasteiger partial charge >= 0.3 is 0 Å². The molecule has 1 aliphatic heterocycles. The molecule has 1 aliphatic rings. The number of aliphatic hydroxyl groups is 1. The molecule has 1 unspecified atom stereocenters. The van der Waals surface area contributed by atoms with Crippen molar-refractivity contribution in [2.24, 2.45) is 0 Å². The van der Waals surface area contributed by atoms with Crippen molar-refractivity contribution in [1.82, 2.24) is 5.32 Å². The van der Waals surface area contributed by atoms with E-state index in [1.54, 1.807) is 11.3 Å². The largest absolute Gasteiger partial charge is 0.486 e. The predicted molar refractivity (Wildman–Crippen MR) is 83.4 cm³/mol. The van der Waals surface area contributed by atoms with Gasteiger partial charge in [0.15, 0.2) is 11.5 Å². The van der Waals surface area contributed by atoms with Gasteiger partial charge in [-0.25, -0.2) is 0 Å². The van der Waals surface area contributed by atoms with E-state index in [0.29, 0.717) is 36.3 Å². The highest BCUT2D eigenvalue weighted by Crippen LogP contribution is 2.39. The van der Waals surface area contributed by atoms with Crippen LogP contribution >= 0.6 is 22.9 Å². The average molecular weight is 326 g/mol. The lowest BCUT2D eigenvalue weighted by atomic mass is 10.1. The van der Waals surface area contributed by atoms with Gasteiger partial charge < -0.3 is 19.9 Å². The van der Waals surface area contributed by atoms with Gasteiger partial charge in [-0.3, -0.25) is 0 Å². The van der Waals surface area contributed by atoms with Gasteiger partial charge in [0.05, 0.1) is 17.7 Å². The Hall–Kier alpha value is -1.27. The molecule has 0 radical (unpaired) electrons. The van der Waals surface area contributed by atoms with E-state index in [9.17, 15) is 5.11 Å². The first kappa shape index (κ1) is 14.7. The summed E-state index contributed by atoms with van der Waals surface area (Å²) in [6.45, 7) is 1.71. The highest BCUT2D eigenvalue weighted by Gasteiger charge is 2.20. The molecule has 4 nitrogen and oxygen atoms in total. The van der Waals surface area contributed by atoms with E-state index in [-0.39, 0.29) is 12.6 Å². The molecule has 1 atom stereocenters. The van der Waals surface area contributed by atoms with Crippen LogP contribution in [0, 0.1) is 0 Å². The van der Waals surface area contributed by atoms with Gasteiger partial charge in [0.25, 0.3) is 0 Å². The van der Waals surface area contributed by atoms with Crippen LogP contribution < -0.4 is 14.8 Å². The molecule has 0 saturated heterocycles. The van der Waals surface area contributed by atoms with Crippen LogP contribution in [0.5, 0.6) is 11.5 Å². The zero-order chi connectivity index (χ0) is 14.7. The number of halogens is 1. The molecule has 0 spiro atoms. The zero-order valence-corrected chi connectivity index (χ0v) is 12.9. The Kier molecular flexibility index (Phi) is 4.65. The second kappa shape index (κ2) is 6.66. The number of ether oxygens (including phenoxy) is 2. The fraction of sp³-hybridized carbons (Fsp3) is 0.333. The molecule has 0 aliphatic carbocycles. The van der Waals surface area contributed by atoms with Crippen molar-refractivity contribution >= 4 is 22.9 Å². The summed E-state index contributed by atoms with van der Waals surface area (Å²) < 4.78 is 11.1. The Morgan fingerprint density at radius 2 is 2.19 bits per heavy atom. The van der Waals surface area contributed by atoms with Crippen molar-refractivity contribution in [3.8, 4) is 11.5 Å². The molecule has 21 heavy (non-hydrogen) atoms. The fourth-order valence-electron chi connectivity index (χ4n) is 2.26. The van der Waals surface area contributed by atoms with Crippen LogP contribution in [0.3, 0.4) is 0 Å². The van der Waals surface area contributed by atoms with E-state index in [1.165, 1.54) is 4.88 Å². The third-order valence-corrected chi connectivity index (χ3v) is 4.46. The van der Waals surface area contributed by atoms with Crippen LogP contribution in [0.15, 0.2) is 29.6 Å². The van der Waals surface area contributed by atoms with Gasteiger partial charge in [-0.05, 0) is 29.1 Å². The third kappa shape index (κ3) is 3.32. The monoisotopic (exact) mass is 325 g/mol. The normalized spacial score (nSPS) is 15.0. The Morgan fingerprint density at radius 1 is 1.33 bits per heavy atom. The first-order chi connectivity index (χ1) is 10.3. The first-order valence-electron chi connectivity index (χ1n) is 6.73. The molecule has 0 amide bonds. The van der Waals surface area contributed by atoms with Gasteiger partial charge in [-0.1, -0.05) is 17.7 Å². The Bertz CT molecular complexity index is 603. The summed E-state index contributed by atoms with van der Waals surface area (Å²) in [5.41, 5.74) is 0.892. The summed E-state index contributed by atoms with van der Waals surface area (Å²) in [5.74, 6) is 1.22. The number of hydrogen-bond donors (Lipinski definition) is 2. The maximum absolute atomic E-state index is 9.63. The Labute approximate surface area is 132 Å². The fourth-order valence-corrected chi connectivity index (χ4v) is 3.19. The van der Waals surface area contributed by atoms with E-state index in [2.05, 4.69) is 11.4 Å². The molecule has 3 rings (SSSR count). The molecule has 0 bridgehead atoms. The van der Waals surface area contributed by atoms with Crippen molar-refractivity contribution in [1.29, 1.82) is 0 Å². The number of hydrogen-bond acceptors (Lipinski definition) is 5. The van der Waals surface area contributed by atoms with E-state index in [1.807, 2.05) is 23.6 Å². The van der Waals surface area contributed by atoms with Gasteiger partial charge in [0, 0.05) is 11.4 Å². The topological polar surface area (TPSA) is 50.7 Å². The van der Waals surface area contributed by atoms with Crippen molar-refractivity contribution in [2.75, 3.05) is 19.8 Å². The molecule has 0 fully saturated rings. The third-order valence-electron chi connectivity index (χ3n) is 3.31. The van der Waals surface area contributed by atoms with E-state index >= 15 is 0 Å². The van der Waals surface area contributed by atoms with Gasteiger partial charge in [0.2, 0.25) is 0 Å². The minimum absolute atomic E-state index is 0.0126. The highest BCUT2D eigenvalue weighted by atomic mass is 35.5. The minimum Gasteiger partial charge on any atom is -0.486 e. The standard InChI is InChI=1S/C15H16ClNO3S/c16-12-6-10(7-14-15(12)20-4-3-19-14)13(9-18)17-8-11-2-1-5-21-11/h1-2,5-7,13,17-18H,3-4,8-9H2. The molecule has 1 aromatic heterocycles. The number of benzene rings is 1. The summed E-state index contributed by atoms with van der Waals surface area (Å²) >= 11 is 7.92. The average Bonchev–Trinajstić information content (AvgIpc) is 3.01. The molecular weight excluding hydrogens is 310 g/mol. The van der Waals surface area contributed by atoms with Crippen LogP contribution in [0.4, 0.5) is 0 Å². The van der Waals surface area contributed by atoms with Crippen LogP contribution in [0.1, 0.15) is 16.5 Å². The number of rotatable bonds is 5. The molecule has 1 aromatic carbocycles. The van der Waals surface area contributed by atoms with Crippen molar-refractivity contribution in [3.63, 3.8) is 0 Å². The van der Waals surface area contributed by atoms with Crippen molar-refractivity contribution in [2.45, 2.75) is 12.6 Å². The number of aliphatic hydroxyl groups excluding tert-OH is 1. The van der Waals surface area contributed by atoms with Gasteiger partial charge in [-0.2, -0.15) is 0 Å². The minimum atomic E-state index is -0.194. The highest BCUT2D eigenvalue weighted by molar-refractivity contribution is 7.09. The number of thiophene rings is 1. The summed E-state index contributed by atoms with van der Waals surface area (Å²) in [7, 11) is 0. The summed E-state index contributed by atoms with van der Waals surface area (Å²) in [4.78, 5) is 1.22. The van der Waals surface area contributed by atoms with Crippen molar-refractivity contribution in [3.05, 3.63) is 45.1 Å². The molecule has 6 heteroatoms. The summed E-state index contributed by atoms with van der Waals surface area (Å²) in [5, 5.41) is 15.5. The quantitative estimate of drug-likeness (QED) is 0.887. The lowest BCUT2D eigenvalue weighted by molar-refractivity contribution is 0.171. The molecule has 2 heterocycles. The lowest BCUT2D eigenvalue weighted by Crippen LogP contribution is -2.24. The summed E-state index contributed by atoms with van der Waals surface area (Å²) in [6, 6.07) is 7.57. The van der Waals surface area contributed by atoms with E-state index in [4.69, 9.17) is 21.1 Å². The van der Waals surface area contributed by atoms with Crippen LogP contribution in [-0.2, 0) is 6.54 Å². The van der Waals surface area contributed by atoms with Gasteiger partial charge in [-0.15, -0.1) is 11.3 Å². The molecule has 0 saturated carbocycles. The molecular formula is C15H16ClNO3S. The Morgan fingerprint density at radius 3 is 2.95 bits per heavy atom. The number of nitrogens with one attached hydrogen (secondary N) is 1. The zero-order valence-electron chi connectivity index (χ0n) is 11.3. The molecule has 112 valence electrons. The van der Waals surface area contributed by atoms with Crippen LogP contribution in [0.2, 0.25) is 5.02 Å². The maximum atomic E-state index is 9.63. The smallest absolute Gasteiger partial charge is 0.179 e. The molecule has 2 N–H and O–H groups in total. The predicted octanol–water partition coefficient (Wildman–Crippen LogP) is 3.00. The lowest BCUT2D eigenvalue weighted by Gasteiger charge is -2.23. The maximum Gasteiger partial charge on any atom is 0.179 e. The second-order valence-corrected chi connectivity index (χ2v) is 6.16.